The molecule has 1 fully saturated rings. The monoisotopic (exact) mass is 283 g/mol. The molecule has 1 aliphatic rings. The number of sulfonamides is 1. The first-order chi connectivity index (χ1) is 8.93. The average Bonchev–Trinajstić information content (AvgIpc) is 2.39. The highest BCUT2D eigenvalue weighted by Gasteiger charge is 2.31. The number of nitrogens with zero attached hydrogens (tertiary/aromatic N) is 2. The summed E-state index contributed by atoms with van der Waals surface area (Å²) in [6, 6.07) is 4.86. The third-order valence-corrected chi connectivity index (χ3v) is 5.20. The van der Waals surface area contributed by atoms with Crippen LogP contribution in [0.15, 0.2) is 29.2 Å². The van der Waals surface area contributed by atoms with E-state index in [1.807, 2.05) is 13.3 Å². The summed E-state index contributed by atoms with van der Waals surface area (Å²) in [5, 5.41) is 10.6. The Morgan fingerprint density at radius 2 is 1.95 bits per heavy atom. The number of hydrogen-bond donors (Lipinski definition) is 0. The van der Waals surface area contributed by atoms with Crippen LogP contribution in [0, 0.1) is 16.5 Å². The van der Waals surface area contributed by atoms with Crippen LogP contribution >= 0.6 is 0 Å². The van der Waals surface area contributed by atoms with Crippen molar-refractivity contribution in [3.8, 4) is 0 Å². The number of piperidine rings is 1. The summed E-state index contributed by atoms with van der Waals surface area (Å²) in [5.74, 6) is 0. The van der Waals surface area contributed by atoms with Crippen molar-refractivity contribution in [2.75, 3.05) is 6.54 Å². The Bertz CT molecular complexity index is 568. The van der Waals surface area contributed by atoms with Gasteiger partial charge in [0, 0.05) is 24.7 Å². The van der Waals surface area contributed by atoms with Crippen molar-refractivity contribution in [3.63, 3.8) is 0 Å². The molecule has 1 aromatic carbocycles. The van der Waals surface area contributed by atoms with Crippen LogP contribution in [0.4, 0.5) is 5.69 Å². The minimum Gasteiger partial charge on any atom is -0.258 e. The third kappa shape index (κ3) is 2.76. The molecule has 0 aliphatic carbocycles. The lowest BCUT2D eigenvalue weighted by Crippen LogP contribution is -2.42. The van der Waals surface area contributed by atoms with E-state index in [-0.39, 0.29) is 16.6 Å². The van der Waals surface area contributed by atoms with Gasteiger partial charge in [-0.25, -0.2) is 8.42 Å². The van der Waals surface area contributed by atoms with Gasteiger partial charge in [-0.1, -0.05) is 0 Å². The van der Waals surface area contributed by atoms with E-state index < -0.39 is 14.9 Å². The van der Waals surface area contributed by atoms with Crippen LogP contribution in [0.25, 0.3) is 0 Å². The summed E-state index contributed by atoms with van der Waals surface area (Å²) >= 11 is 0. The molecule has 1 aliphatic heterocycles. The van der Waals surface area contributed by atoms with Gasteiger partial charge in [-0.2, -0.15) is 4.31 Å². The van der Waals surface area contributed by atoms with E-state index in [1.165, 1.54) is 28.6 Å². The van der Waals surface area contributed by atoms with Crippen molar-refractivity contribution in [2.24, 2.45) is 0 Å². The van der Waals surface area contributed by atoms with Gasteiger partial charge in [-0.3, -0.25) is 10.1 Å². The highest BCUT2D eigenvalue weighted by atomic mass is 32.2. The maximum absolute atomic E-state index is 12.4. The highest BCUT2D eigenvalue weighted by Crippen LogP contribution is 2.25. The standard InChI is InChI=1S/C12H15N2O4S/c1-10-4-2-3-9-13(10)19(17,18)12-7-5-11(6-8-12)14(15)16/h4-8,10H,2-3,9H2,1H3. The topological polar surface area (TPSA) is 80.5 Å². The number of non-ortho nitro benzene ring substituents is 1. The minimum atomic E-state index is -3.57. The van der Waals surface area contributed by atoms with Crippen molar-refractivity contribution < 1.29 is 13.3 Å². The Labute approximate surface area is 112 Å². The van der Waals surface area contributed by atoms with Crippen LogP contribution in [-0.2, 0) is 10.0 Å². The van der Waals surface area contributed by atoms with E-state index >= 15 is 0 Å². The molecule has 1 heterocycles. The van der Waals surface area contributed by atoms with Crippen molar-refractivity contribution in [1.29, 1.82) is 0 Å². The maximum Gasteiger partial charge on any atom is 0.269 e. The van der Waals surface area contributed by atoms with E-state index in [0.717, 1.165) is 12.8 Å². The SMILES string of the molecule is CC1[CH]CCCN1S(=O)(=O)c1ccc([N+](=O)[O-])cc1. The van der Waals surface area contributed by atoms with Crippen LogP contribution in [0.1, 0.15) is 19.8 Å². The Hall–Kier alpha value is -1.47. The second-order valence-corrected chi connectivity index (χ2v) is 6.38. The molecule has 2 rings (SSSR count). The first kappa shape index (κ1) is 14.0. The zero-order valence-electron chi connectivity index (χ0n) is 10.5. The van der Waals surface area contributed by atoms with Crippen LogP contribution < -0.4 is 0 Å². The van der Waals surface area contributed by atoms with Gasteiger partial charge < -0.3 is 0 Å². The fraction of sp³-hybridized carbons (Fsp3) is 0.417. The molecule has 0 aromatic heterocycles. The predicted molar refractivity (Wildman–Crippen MR) is 70.0 cm³/mol. The number of benzene rings is 1. The lowest BCUT2D eigenvalue weighted by Gasteiger charge is -2.32. The van der Waals surface area contributed by atoms with Gasteiger partial charge in [0.25, 0.3) is 5.69 Å². The predicted octanol–water partition coefficient (Wildman–Crippen LogP) is 1.97. The zero-order chi connectivity index (χ0) is 14.0. The summed E-state index contributed by atoms with van der Waals surface area (Å²) in [5.41, 5.74) is -0.114. The second kappa shape index (κ2) is 5.26. The highest BCUT2D eigenvalue weighted by molar-refractivity contribution is 7.89. The molecule has 19 heavy (non-hydrogen) atoms. The van der Waals surface area contributed by atoms with Gasteiger partial charge in [0.05, 0.1) is 9.82 Å². The first-order valence-electron chi connectivity index (χ1n) is 6.02. The molecule has 0 bridgehead atoms. The number of rotatable bonds is 3. The average molecular weight is 283 g/mol. The number of nitro groups is 1. The van der Waals surface area contributed by atoms with Crippen LogP contribution in [0.5, 0.6) is 0 Å². The molecule has 0 N–H and O–H groups in total. The molecule has 0 spiro atoms. The van der Waals surface area contributed by atoms with Gasteiger partial charge in [0.2, 0.25) is 10.0 Å². The Morgan fingerprint density at radius 1 is 1.32 bits per heavy atom. The minimum absolute atomic E-state index is 0.0975. The summed E-state index contributed by atoms with van der Waals surface area (Å²) in [7, 11) is -3.57. The zero-order valence-corrected chi connectivity index (χ0v) is 11.3. The Morgan fingerprint density at radius 3 is 2.47 bits per heavy atom. The number of hydrogen-bond acceptors (Lipinski definition) is 4. The van der Waals surface area contributed by atoms with Crippen LogP contribution in [0.3, 0.4) is 0 Å². The van der Waals surface area contributed by atoms with E-state index in [1.54, 1.807) is 0 Å². The van der Waals surface area contributed by atoms with Crippen molar-refractivity contribution in [3.05, 3.63) is 40.8 Å². The Balaban J connectivity index is 2.30. The molecular weight excluding hydrogens is 268 g/mol. The van der Waals surface area contributed by atoms with Crippen molar-refractivity contribution in [2.45, 2.75) is 30.7 Å². The van der Waals surface area contributed by atoms with Gasteiger partial charge in [0.1, 0.15) is 0 Å². The van der Waals surface area contributed by atoms with Gasteiger partial charge in [-0.05, 0) is 38.3 Å². The van der Waals surface area contributed by atoms with E-state index in [4.69, 9.17) is 0 Å². The van der Waals surface area contributed by atoms with E-state index in [9.17, 15) is 18.5 Å². The molecule has 1 saturated heterocycles. The molecule has 6 nitrogen and oxygen atoms in total. The van der Waals surface area contributed by atoms with Gasteiger partial charge >= 0.3 is 0 Å². The van der Waals surface area contributed by atoms with E-state index in [2.05, 4.69) is 0 Å². The molecular formula is C12H15N2O4S. The first-order valence-corrected chi connectivity index (χ1v) is 7.46. The van der Waals surface area contributed by atoms with Gasteiger partial charge in [0.15, 0.2) is 0 Å². The molecule has 1 radical (unpaired) electrons. The molecule has 103 valence electrons. The smallest absolute Gasteiger partial charge is 0.258 e. The fourth-order valence-electron chi connectivity index (χ4n) is 2.14. The summed E-state index contributed by atoms with van der Waals surface area (Å²) in [6.07, 6.45) is 3.68. The van der Waals surface area contributed by atoms with E-state index in [0.29, 0.717) is 6.54 Å². The van der Waals surface area contributed by atoms with Crippen LogP contribution in [0.2, 0.25) is 0 Å². The quantitative estimate of drug-likeness (QED) is 0.627. The number of nitro benzene ring substituents is 1. The van der Waals surface area contributed by atoms with Gasteiger partial charge in [-0.15, -0.1) is 0 Å². The molecule has 1 atom stereocenters. The third-order valence-electron chi connectivity index (χ3n) is 3.20. The fourth-order valence-corrected chi connectivity index (χ4v) is 3.79. The molecule has 1 unspecified atom stereocenters. The largest absolute Gasteiger partial charge is 0.269 e. The lowest BCUT2D eigenvalue weighted by atomic mass is 10.1. The summed E-state index contributed by atoms with van der Waals surface area (Å²) < 4.78 is 26.3. The van der Waals surface area contributed by atoms with Crippen LogP contribution in [-0.4, -0.2) is 30.2 Å². The van der Waals surface area contributed by atoms with Crippen molar-refractivity contribution in [1.82, 2.24) is 4.31 Å². The lowest BCUT2D eigenvalue weighted by molar-refractivity contribution is -0.384. The molecule has 0 saturated carbocycles. The molecule has 0 amide bonds. The summed E-state index contributed by atoms with van der Waals surface area (Å²) in [4.78, 5) is 10.1. The summed E-state index contributed by atoms with van der Waals surface area (Å²) in [6.45, 7) is 2.32. The molecule has 7 heteroatoms. The molecule has 1 aromatic rings. The van der Waals surface area contributed by atoms with Crippen molar-refractivity contribution >= 4 is 15.7 Å². The maximum atomic E-state index is 12.4. The Kier molecular flexibility index (Phi) is 3.86. The normalized spacial score (nSPS) is 21.2. The second-order valence-electron chi connectivity index (χ2n) is 4.49.